The molecule has 0 saturated carbocycles. The van der Waals surface area contributed by atoms with Crippen molar-refractivity contribution in [3.8, 4) is 0 Å². The van der Waals surface area contributed by atoms with Crippen molar-refractivity contribution >= 4 is 12.1 Å². The van der Waals surface area contributed by atoms with Crippen LogP contribution in [-0.2, 0) is 14.3 Å². The van der Waals surface area contributed by atoms with E-state index >= 15 is 0 Å². The van der Waals surface area contributed by atoms with E-state index < -0.39 is 39.8 Å². The van der Waals surface area contributed by atoms with Gasteiger partial charge in [-0.1, -0.05) is 29.8 Å². The summed E-state index contributed by atoms with van der Waals surface area (Å²) in [6.07, 6.45) is -0.866. The molecule has 0 heterocycles. The highest BCUT2D eigenvalue weighted by Crippen LogP contribution is 2.32. The fraction of sp³-hybridized carbons (Fsp3) is 0.600. The van der Waals surface area contributed by atoms with Gasteiger partial charge in [-0.3, -0.25) is 10.1 Å². The molecule has 1 rings (SSSR count). The van der Waals surface area contributed by atoms with Crippen molar-refractivity contribution in [2.75, 3.05) is 0 Å². The molecule has 156 valence electrons. The van der Waals surface area contributed by atoms with E-state index in [0.29, 0.717) is 5.56 Å². The molecular formula is C20H30N2O6. The lowest BCUT2D eigenvalue weighted by Crippen LogP contribution is -2.57. The Morgan fingerprint density at radius 3 is 1.82 bits per heavy atom. The summed E-state index contributed by atoms with van der Waals surface area (Å²) < 4.78 is 10.5. The molecule has 1 amide bonds. The highest BCUT2D eigenvalue weighted by atomic mass is 16.6. The fourth-order valence-corrected chi connectivity index (χ4v) is 2.41. The van der Waals surface area contributed by atoms with E-state index in [-0.39, 0.29) is 0 Å². The number of nitro groups is 1. The molecule has 0 radical (unpaired) electrons. The van der Waals surface area contributed by atoms with E-state index in [2.05, 4.69) is 5.32 Å². The largest absolute Gasteiger partial charge is 0.455 e. The highest BCUT2D eigenvalue weighted by Gasteiger charge is 2.57. The third-order valence-electron chi connectivity index (χ3n) is 3.83. The minimum Gasteiger partial charge on any atom is -0.455 e. The number of alkyl carbamates (subject to hydrolysis) is 1. The normalized spacial score (nSPS) is 15.1. The first-order chi connectivity index (χ1) is 12.6. The van der Waals surface area contributed by atoms with Crippen LogP contribution in [0.15, 0.2) is 24.3 Å². The van der Waals surface area contributed by atoms with Crippen LogP contribution >= 0.6 is 0 Å². The van der Waals surface area contributed by atoms with Gasteiger partial charge in [0, 0.05) is 11.8 Å². The third-order valence-corrected chi connectivity index (χ3v) is 3.83. The maximum atomic E-state index is 12.8. The molecule has 1 aromatic rings. The summed E-state index contributed by atoms with van der Waals surface area (Å²) in [6.45, 7) is 12.9. The van der Waals surface area contributed by atoms with E-state index in [1.165, 1.54) is 0 Å². The van der Waals surface area contributed by atoms with Crippen LogP contribution in [0.1, 0.15) is 65.6 Å². The van der Waals surface area contributed by atoms with Crippen LogP contribution in [0.2, 0.25) is 0 Å². The Morgan fingerprint density at radius 1 is 0.964 bits per heavy atom. The highest BCUT2D eigenvalue weighted by molar-refractivity contribution is 5.82. The Morgan fingerprint density at radius 2 is 1.43 bits per heavy atom. The summed E-state index contributed by atoms with van der Waals surface area (Å²) in [4.78, 5) is 36.5. The van der Waals surface area contributed by atoms with Crippen molar-refractivity contribution in [3.63, 3.8) is 0 Å². The van der Waals surface area contributed by atoms with Crippen molar-refractivity contribution in [1.82, 2.24) is 5.32 Å². The summed E-state index contributed by atoms with van der Waals surface area (Å²) >= 11 is 0. The predicted octanol–water partition coefficient (Wildman–Crippen LogP) is 3.94. The van der Waals surface area contributed by atoms with Gasteiger partial charge in [0.05, 0.1) is 0 Å². The Balaban J connectivity index is 3.43. The smallest absolute Gasteiger partial charge is 0.408 e. The topological polar surface area (TPSA) is 108 Å². The molecule has 8 heteroatoms. The molecule has 0 aromatic heterocycles. The average Bonchev–Trinajstić information content (AvgIpc) is 2.49. The lowest BCUT2D eigenvalue weighted by atomic mass is 9.86. The summed E-state index contributed by atoms with van der Waals surface area (Å²) in [6, 6.07) is 5.45. The fourth-order valence-electron chi connectivity index (χ4n) is 2.41. The first kappa shape index (κ1) is 23.4. The Kier molecular flexibility index (Phi) is 6.82. The van der Waals surface area contributed by atoms with Gasteiger partial charge in [0.15, 0.2) is 0 Å². The number of aryl methyl sites for hydroxylation is 1. The number of amides is 1. The van der Waals surface area contributed by atoms with Crippen molar-refractivity contribution < 1.29 is 24.0 Å². The van der Waals surface area contributed by atoms with Gasteiger partial charge in [-0.05, 0) is 54.0 Å². The lowest BCUT2D eigenvalue weighted by molar-refractivity contribution is -0.557. The van der Waals surface area contributed by atoms with Gasteiger partial charge in [0.1, 0.15) is 17.2 Å². The van der Waals surface area contributed by atoms with Crippen LogP contribution in [0, 0.1) is 17.0 Å². The number of nitrogens with one attached hydrogen (secondary N) is 1. The molecule has 0 aliphatic rings. The second kappa shape index (κ2) is 8.16. The Bertz CT molecular complexity index is 731. The van der Waals surface area contributed by atoms with Gasteiger partial charge in [-0.25, -0.2) is 9.59 Å². The van der Waals surface area contributed by atoms with Gasteiger partial charge < -0.3 is 14.8 Å². The van der Waals surface area contributed by atoms with Crippen LogP contribution in [0.25, 0.3) is 0 Å². The van der Waals surface area contributed by atoms with Gasteiger partial charge >= 0.3 is 17.6 Å². The van der Waals surface area contributed by atoms with E-state index in [4.69, 9.17) is 9.47 Å². The van der Waals surface area contributed by atoms with Crippen LogP contribution in [-0.4, -0.2) is 33.7 Å². The molecule has 1 N–H and O–H groups in total. The molecule has 2 atom stereocenters. The van der Waals surface area contributed by atoms with Gasteiger partial charge in [0.25, 0.3) is 0 Å². The van der Waals surface area contributed by atoms with Crippen molar-refractivity contribution in [1.29, 1.82) is 0 Å². The maximum absolute atomic E-state index is 12.8. The molecule has 0 aliphatic heterocycles. The second-order valence-electron chi connectivity index (χ2n) is 8.90. The van der Waals surface area contributed by atoms with E-state index in [0.717, 1.165) is 12.5 Å². The summed E-state index contributed by atoms with van der Waals surface area (Å²) in [5, 5.41) is 14.5. The number of carbonyl (C=O) groups excluding carboxylic acids is 2. The molecule has 0 saturated heterocycles. The van der Waals surface area contributed by atoms with Crippen molar-refractivity contribution in [3.05, 3.63) is 45.5 Å². The number of hydrogen-bond acceptors (Lipinski definition) is 6. The molecule has 0 fully saturated rings. The zero-order valence-corrected chi connectivity index (χ0v) is 17.8. The maximum Gasteiger partial charge on any atom is 0.408 e. The number of rotatable bonds is 5. The molecule has 1 aromatic carbocycles. The number of benzene rings is 1. The quantitative estimate of drug-likeness (QED) is 0.460. The number of carbonyl (C=O) groups is 2. The van der Waals surface area contributed by atoms with Gasteiger partial charge in [-0.15, -0.1) is 0 Å². The predicted molar refractivity (Wildman–Crippen MR) is 105 cm³/mol. The van der Waals surface area contributed by atoms with Gasteiger partial charge in [-0.2, -0.15) is 0 Å². The van der Waals surface area contributed by atoms with Gasteiger partial charge in [0.2, 0.25) is 0 Å². The van der Waals surface area contributed by atoms with E-state index in [1.807, 2.05) is 6.92 Å². The first-order valence-electron chi connectivity index (χ1n) is 9.00. The van der Waals surface area contributed by atoms with Crippen LogP contribution < -0.4 is 5.32 Å². The zero-order chi connectivity index (χ0) is 21.9. The average molecular weight is 394 g/mol. The molecule has 28 heavy (non-hydrogen) atoms. The van der Waals surface area contributed by atoms with Crippen molar-refractivity contribution in [2.45, 2.75) is 78.2 Å². The second-order valence-corrected chi connectivity index (χ2v) is 8.90. The van der Waals surface area contributed by atoms with E-state index in [1.54, 1.807) is 65.8 Å². The summed E-state index contributed by atoms with van der Waals surface area (Å²) in [5.41, 5.74) is -2.68. The third kappa shape index (κ3) is 6.21. The minimum atomic E-state index is -2.26. The molecule has 0 spiro atoms. The van der Waals surface area contributed by atoms with Crippen LogP contribution in [0.5, 0.6) is 0 Å². The van der Waals surface area contributed by atoms with Crippen LogP contribution in [0.4, 0.5) is 4.79 Å². The number of hydrogen-bond donors (Lipinski definition) is 1. The Labute approximate surface area is 165 Å². The number of nitrogens with zero attached hydrogens (tertiary/aromatic N) is 1. The molecule has 0 aliphatic carbocycles. The van der Waals surface area contributed by atoms with E-state index in [9.17, 15) is 19.7 Å². The monoisotopic (exact) mass is 394 g/mol. The lowest BCUT2D eigenvalue weighted by Gasteiger charge is -2.32. The zero-order valence-electron chi connectivity index (χ0n) is 17.8. The first-order valence-corrected chi connectivity index (χ1v) is 9.00. The number of esters is 1. The van der Waals surface area contributed by atoms with Crippen molar-refractivity contribution in [2.24, 2.45) is 0 Å². The molecule has 1 unspecified atom stereocenters. The van der Waals surface area contributed by atoms with Crippen LogP contribution in [0.3, 0.4) is 0 Å². The molecule has 0 bridgehead atoms. The summed E-state index contributed by atoms with van der Waals surface area (Å²) in [5.74, 6) is -1.05. The standard InChI is InChI=1S/C20H30N2O6/c1-13-9-11-14(12-10-13)15(21-17(24)28-19(5,6)7)20(8,22(25)26)16(23)27-18(2,3)4/h9-12,15H,1-8H3,(H,21,24)/t15?,20-/m1/s1. The SMILES string of the molecule is Cc1ccc(C(NC(=O)OC(C)(C)C)[C@](C)(C(=O)OC(C)(C)C)[N+](=O)[O-])cc1. The summed E-state index contributed by atoms with van der Waals surface area (Å²) in [7, 11) is 0. The molecular weight excluding hydrogens is 364 g/mol. The number of ether oxygens (including phenoxy) is 2. The Hall–Kier alpha value is -2.64. The molecule has 8 nitrogen and oxygen atoms in total. The minimum absolute atomic E-state index is 0.390.